The fourth-order valence-corrected chi connectivity index (χ4v) is 2.97. The molecule has 1 aromatic carbocycles. The van der Waals surface area contributed by atoms with Crippen molar-refractivity contribution in [1.29, 1.82) is 0 Å². The van der Waals surface area contributed by atoms with Gasteiger partial charge in [0.2, 0.25) is 11.8 Å². The predicted molar refractivity (Wildman–Crippen MR) is 76.7 cm³/mol. The van der Waals surface area contributed by atoms with E-state index in [0.29, 0.717) is 11.9 Å². The number of carbonyl (C=O) groups excluding carboxylic acids is 2. The molecule has 2 N–H and O–H groups in total. The summed E-state index contributed by atoms with van der Waals surface area (Å²) in [6, 6.07) is 4.88. The number of amides is 2. The van der Waals surface area contributed by atoms with E-state index >= 15 is 0 Å². The lowest BCUT2D eigenvalue weighted by atomic mass is 10.1. The molecular formula is C12H10IN3O3. The highest BCUT2D eigenvalue weighted by Crippen LogP contribution is 2.24. The average Bonchev–Trinajstić information content (AvgIpc) is 2.68. The van der Waals surface area contributed by atoms with E-state index in [-0.39, 0.29) is 18.0 Å². The van der Waals surface area contributed by atoms with Crippen molar-refractivity contribution in [1.82, 2.24) is 14.9 Å². The van der Waals surface area contributed by atoms with Gasteiger partial charge in [-0.1, -0.05) is 6.07 Å². The highest BCUT2D eigenvalue weighted by atomic mass is 127. The minimum Gasteiger partial charge on any atom is -0.305 e. The zero-order valence-corrected chi connectivity index (χ0v) is 11.9. The number of nitrogens with zero attached hydrogens (tertiary/aromatic N) is 1. The van der Waals surface area contributed by atoms with Crippen LogP contribution < -0.4 is 11.0 Å². The number of imidazole rings is 1. The third-order valence-electron chi connectivity index (χ3n) is 3.22. The summed E-state index contributed by atoms with van der Waals surface area (Å²) in [6.45, 7) is 0. The Morgan fingerprint density at radius 3 is 2.79 bits per heavy atom. The Hall–Kier alpha value is -1.64. The van der Waals surface area contributed by atoms with Crippen LogP contribution in [0.25, 0.3) is 11.0 Å². The first-order valence-corrected chi connectivity index (χ1v) is 6.88. The molecule has 0 spiro atoms. The molecule has 0 bridgehead atoms. The number of rotatable bonds is 1. The Balaban J connectivity index is 2.18. The van der Waals surface area contributed by atoms with Gasteiger partial charge in [0.15, 0.2) is 0 Å². The standard InChI is InChI=1S/C12H10IN3O3/c13-6-2-1-3-7-10(6)15-12(19)16(7)8-4-5-9(17)14-11(8)18/h1-3,8H,4-5H2,(H,15,19)(H,14,17,18). The normalized spacial score (nSPS) is 19.7. The van der Waals surface area contributed by atoms with Gasteiger partial charge in [0.25, 0.3) is 0 Å². The number of imide groups is 1. The van der Waals surface area contributed by atoms with Gasteiger partial charge in [0.1, 0.15) is 6.04 Å². The first-order chi connectivity index (χ1) is 9.08. The summed E-state index contributed by atoms with van der Waals surface area (Å²) in [6.07, 6.45) is 0.600. The molecule has 2 aromatic rings. The number of carbonyl (C=O) groups is 2. The maximum absolute atomic E-state index is 12.1. The summed E-state index contributed by atoms with van der Waals surface area (Å²) in [5.74, 6) is -0.707. The summed E-state index contributed by atoms with van der Waals surface area (Å²) >= 11 is 2.13. The van der Waals surface area contributed by atoms with Crippen molar-refractivity contribution in [3.8, 4) is 0 Å². The number of fused-ring (bicyclic) bond motifs is 1. The summed E-state index contributed by atoms with van der Waals surface area (Å²) in [7, 11) is 0. The number of benzene rings is 1. The monoisotopic (exact) mass is 371 g/mol. The molecule has 7 heteroatoms. The van der Waals surface area contributed by atoms with Crippen molar-refractivity contribution in [3.05, 3.63) is 32.3 Å². The van der Waals surface area contributed by atoms with E-state index in [2.05, 4.69) is 32.9 Å². The van der Waals surface area contributed by atoms with E-state index < -0.39 is 11.9 Å². The molecule has 2 amide bonds. The zero-order chi connectivity index (χ0) is 13.6. The molecule has 1 saturated heterocycles. The number of halogens is 1. The van der Waals surface area contributed by atoms with Crippen LogP contribution in [0.3, 0.4) is 0 Å². The minimum absolute atomic E-state index is 0.249. The molecular weight excluding hydrogens is 361 g/mol. The molecule has 6 nitrogen and oxygen atoms in total. The first kappa shape index (κ1) is 12.4. The summed E-state index contributed by atoms with van der Waals surface area (Å²) in [4.78, 5) is 37.9. The molecule has 0 aliphatic carbocycles. The average molecular weight is 371 g/mol. The second kappa shape index (κ2) is 4.48. The topological polar surface area (TPSA) is 84.0 Å². The van der Waals surface area contributed by atoms with Gasteiger partial charge in [0.05, 0.1) is 11.0 Å². The van der Waals surface area contributed by atoms with Crippen LogP contribution in [0.4, 0.5) is 0 Å². The van der Waals surface area contributed by atoms with Gasteiger partial charge < -0.3 is 4.98 Å². The number of aromatic amines is 1. The van der Waals surface area contributed by atoms with Gasteiger partial charge >= 0.3 is 5.69 Å². The molecule has 19 heavy (non-hydrogen) atoms. The molecule has 1 aromatic heterocycles. The lowest BCUT2D eigenvalue weighted by Crippen LogP contribution is -2.43. The Kier molecular flexibility index (Phi) is 2.92. The van der Waals surface area contributed by atoms with E-state index in [1.807, 2.05) is 12.1 Å². The van der Waals surface area contributed by atoms with Gasteiger partial charge in [-0.3, -0.25) is 19.5 Å². The molecule has 1 unspecified atom stereocenters. The van der Waals surface area contributed by atoms with Crippen molar-refractivity contribution >= 4 is 45.4 Å². The first-order valence-electron chi connectivity index (χ1n) is 5.80. The smallest absolute Gasteiger partial charge is 0.305 e. The van der Waals surface area contributed by atoms with Gasteiger partial charge in [0, 0.05) is 9.99 Å². The summed E-state index contributed by atoms with van der Waals surface area (Å²) < 4.78 is 2.34. The van der Waals surface area contributed by atoms with Crippen LogP contribution in [-0.4, -0.2) is 21.4 Å². The second-order valence-corrected chi connectivity index (χ2v) is 5.56. The van der Waals surface area contributed by atoms with Gasteiger partial charge in [-0.2, -0.15) is 0 Å². The Morgan fingerprint density at radius 2 is 2.05 bits per heavy atom. The van der Waals surface area contributed by atoms with Crippen LogP contribution in [0.5, 0.6) is 0 Å². The third kappa shape index (κ3) is 1.97. The fourth-order valence-electron chi connectivity index (χ4n) is 2.35. The lowest BCUT2D eigenvalue weighted by molar-refractivity contribution is -0.135. The molecule has 0 saturated carbocycles. The Labute approximate surface area is 121 Å². The Morgan fingerprint density at radius 1 is 1.26 bits per heavy atom. The zero-order valence-electron chi connectivity index (χ0n) is 9.77. The number of hydrogen-bond donors (Lipinski definition) is 2. The van der Waals surface area contributed by atoms with Crippen LogP contribution >= 0.6 is 22.6 Å². The van der Waals surface area contributed by atoms with E-state index in [1.165, 1.54) is 4.57 Å². The van der Waals surface area contributed by atoms with Crippen molar-refractivity contribution < 1.29 is 9.59 Å². The van der Waals surface area contributed by atoms with Crippen molar-refractivity contribution in [2.75, 3.05) is 0 Å². The quantitative estimate of drug-likeness (QED) is 0.578. The SMILES string of the molecule is O=C1CCC(n2c(=O)[nH]c3c(I)cccc32)C(=O)N1. The maximum Gasteiger partial charge on any atom is 0.327 e. The van der Waals surface area contributed by atoms with E-state index in [4.69, 9.17) is 0 Å². The van der Waals surface area contributed by atoms with Crippen molar-refractivity contribution in [3.63, 3.8) is 0 Å². The molecule has 3 rings (SSSR count). The van der Waals surface area contributed by atoms with Crippen LogP contribution in [0.2, 0.25) is 0 Å². The van der Waals surface area contributed by atoms with Crippen LogP contribution in [0.1, 0.15) is 18.9 Å². The second-order valence-electron chi connectivity index (χ2n) is 4.40. The molecule has 1 aliphatic rings. The third-order valence-corrected chi connectivity index (χ3v) is 4.12. The lowest BCUT2D eigenvalue weighted by Gasteiger charge is -2.21. The summed E-state index contributed by atoms with van der Waals surface area (Å²) in [5.41, 5.74) is 1.08. The Bertz CT molecular complexity index is 746. The molecule has 98 valence electrons. The predicted octanol–water partition coefficient (Wildman–Crippen LogP) is 0.912. The van der Waals surface area contributed by atoms with Gasteiger partial charge in [-0.05, 0) is 41.1 Å². The number of piperidine rings is 1. The van der Waals surface area contributed by atoms with Crippen LogP contribution in [-0.2, 0) is 9.59 Å². The number of hydrogen-bond acceptors (Lipinski definition) is 3. The van der Waals surface area contributed by atoms with Crippen LogP contribution in [0, 0.1) is 3.57 Å². The van der Waals surface area contributed by atoms with E-state index in [1.54, 1.807) is 6.07 Å². The number of aromatic nitrogens is 2. The highest BCUT2D eigenvalue weighted by Gasteiger charge is 2.30. The van der Waals surface area contributed by atoms with Crippen LogP contribution in [0.15, 0.2) is 23.0 Å². The fraction of sp³-hybridized carbons (Fsp3) is 0.250. The van der Waals surface area contributed by atoms with E-state index in [0.717, 1.165) is 9.09 Å². The molecule has 1 fully saturated rings. The van der Waals surface area contributed by atoms with Gasteiger partial charge in [-0.25, -0.2) is 4.79 Å². The van der Waals surface area contributed by atoms with Crippen molar-refractivity contribution in [2.24, 2.45) is 0 Å². The summed E-state index contributed by atoms with van der Waals surface area (Å²) in [5, 5.41) is 2.27. The molecule has 0 radical (unpaired) electrons. The largest absolute Gasteiger partial charge is 0.327 e. The van der Waals surface area contributed by atoms with Gasteiger partial charge in [-0.15, -0.1) is 0 Å². The molecule has 1 atom stereocenters. The molecule has 2 heterocycles. The molecule has 1 aliphatic heterocycles. The minimum atomic E-state index is -0.628. The highest BCUT2D eigenvalue weighted by molar-refractivity contribution is 14.1. The van der Waals surface area contributed by atoms with E-state index in [9.17, 15) is 14.4 Å². The van der Waals surface area contributed by atoms with Crippen molar-refractivity contribution in [2.45, 2.75) is 18.9 Å². The maximum atomic E-state index is 12.1. The number of para-hydroxylation sites is 1. The number of H-pyrrole nitrogens is 1. The number of nitrogens with one attached hydrogen (secondary N) is 2.